The van der Waals surface area contributed by atoms with E-state index in [1.54, 1.807) is 0 Å². The molecule has 1 heterocycles. The van der Waals surface area contributed by atoms with Crippen molar-refractivity contribution in [2.75, 3.05) is 19.6 Å². The first-order valence-electron chi connectivity index (χ1n) is 6.94. The number of aliphatic hydroxyl groups excluding tert-OH is 1. The van der Waals surface area contributed by atoms with Crippen LogP contribution in [0, 0.1) is 5.41 Å². The van der Waals surface area contributed by atoms with E-state index >= 15 is 0 Å². The SMILES string of the molecule is CC(C)(C)C(O)CN1CCc2ccccc2CC1. The van der Waals surface area contributed by atoms with Gasteiger partial charge in [0, 0.05) is 19.6 Å². The fraction of sp³-hybridized carbons (Fsp3) is 0.625. The van der Waals surface area contributed by atoms with E-state index in [4.69, 9.17) is 0 Å². The lowest BCUT2D eigenvalue weighted by molar-refractivity contribution is 0.0295. The average molecular weight is 247 g/mol. The predicted molar refractivity (Wildman–Crippen MR) is 75.8 cm³/mol. The van der Waals surface area contributed by atoms with Gasteiger partial charge in [-0.05, 0) is 29.4 Å². The second-order valence-electron chi connectivity index (χ2n) is 6.45. The number of benzene rings is 1. The van der Waals surface area contributed by atoms with Crippen LogP contribution >= 0.6 is 0 Å². The number of rotatable bonds is 2. The van der Waals surface area contributed by atoms with Crippen LogP contribution in [0.5, 0.6) is 0 Å². The Morgan fingerprint density at radius 3 is 2.06 bits per heavy atom. The third kappa shape index (κ3) is 3.33. The summed E-state index contributed by atoms with van der Waals surface area (Å²) in [5, 5.41) is 10.2. The fourth-order valence-electron chi connectivity index (χ4n) is 2.42. The third-order valence-electron chi connectivity index (χ3n) is 3.94. The Labute approximate surface area is 111 Å². The molecule has 1 atom stereocenters. The van der Waals surface area contributed by atoms with E-state index in [0.29, 0.717) is 0 Å². The Morgan fingerprint density at radius 2 is 1.61 bits per heavy atom. The van der Waals surface area contributed by atoms with E-state index in [2.05, 4.69) is 49.9 Å². The predicted octanol–water partition coefficient (Wildman–Crippen LogP) is 2.49. The highest BCUT2D eigenvalue weighted by molar-refractivity contribution is 5.28. The average Bonchev–Trinajstić information content (AvgIpc) is 2.51. The molecular weight excluding hydrogens is 222 g/mol. The molecule has 18 heavy (non-hydrogen) atoms. The Hall–Kier alpha value is -0.860. The van der Waals surface area contributed by atoms with Crippen LogP contribution in [0.4, 0.5) is 0 Å². The lowest BCUT2D eigenvalue weighted by Gasteiger charge is -2.31. The summed E-state index contributed by atoms with van der Waals surface area (Å²) in [5.74, 6) is 0. The first-order valence-corrected chi connectivity index (χ1v) is 6.94. The maximum atomic E-state index is 10.2. The van der Waals surface area contributed by atoms with Crippen molar-refractivity contribution in [3.8, 4) is 0 Å². The molecule has 1 aliphatic heterocycles. The van der Waals surface area contributed by atoms with E-state index < -0.39 is 0 Å². The van der Waals surface area contributed by atoms with Gasteiger partial charge in [-0.3, -0.25) is 0 Å². The monoisotopic (exact) mass is 247 g/mol. The summed E-state index contributed by atoms with van der Waals surface area (Å²) in [7, 11) is 0. The van der Waals surface area contributed by atoms with Gasteiger partial charge in [0.1, 0.15) is 0 Å². The summed E-state index contributed by atoms with van der Waals surface area (Å²) in [5.41, 5.74) is 2.93. The van der Waals surface area contributed by atoms with Gasteiger partial charge >= 0.3 is 0 Å². The molecule has 0 bridgehead atoms. The summed E-state index contributed by atoms with van der Waals surface area (Å²) in [6, 6.07) is 8.72. The molecule has 0 aromatic heterocycles. The highest BCUT2D eigenvalue weighted by atomic mass is 16.3. The lowest BCUT2D eigenvalue weighted by atomic mass is 9.89. The summed E-state index contributed by atoms with van der Waals surface area (Å²) < 4.78 is 0. The third-order valence-corrected chi connectivity index (χ3v) is 3.94. The van der Waals surface area contributed by atoms with Crippen LogP contribution in [0.15, 0.2) is 24.3 Å². The van der Waals surface area contributed by atoms with Crippen LogP contribution in [-0.4, -0.2) is 35.7 Å². The quantitative estimate of drug-likeness (QED) is 0.868. The number of aliphatic hydroxyl groups is 1. The zero-order valence-electron chi connectivity index (χ0n) is 11.8. The van der Waals surface area contributed by atoms with Gasteiger partial charge < -0.3 is 10.0 Å². The first-order chi connectivity index (χ1) is 8.47. The highest BCUT2D eigenvalue weighted by Gasteiger charge is 2.25. The molecule has 1 N–H and O–H groups in total. The summed E-state index contributed by atoms with van der Waals surface area (Å²) in [6.45, 7) is 9.21. The van der Waals surface area contributed by atoms with Crippen LogP contribution in [-0.2, 0) is 12.8 Å². The van der Waals surface area contributed by atoms with Crippen LogP contribution in [0.25, 0.3) is 0 Å². The molecular formula is C16H25NO. The minimum absolute atomic E-state index is 0.0286. The van der Waals surface area contributed by atoms with Gasteiger partial charge in [0.15, 0.2) is 0 Å². The standard InChI is InChI=1S/C16H25NO/c1-16(2,3)15(18)12-17-10-8-13-6-4-5-7-14(13)9-11-17/h4-7,15,18H,8-12H2,1-3H3. The van der Waals surface area contributed by atoms with Crippen molar-refractivity contribution < 1.29 is 5.11 Å². The van der Waals surface area contributed by atoms with Gasteiger partial charge in [0.25, 0.3) is 0 Å². The molecule has 0 fully saturated rings. The zero-order chi connectivity index (χ0) is 13.2. The number of hydrogen-bond acceptors (Lipinski definition) is 2. The second-order valence-corrected chi connectivity index (χ2v) is 6.45. The van der Waals surface area contributed by atoms with Crippen LogP contribution in [0.3, 0.4) is 0 Å². The molecule has 1 aliphatic rings. The summed E-state index contributed by atoms with van der Waals surface area (Å²) in [6.07, 6.45) is 1.96. The van der Waals surface area contributed by atoms with E-state index in [0.717, 1.165) is 32.5 Å². The van der Waals surface area contributed by atoms with Crippen LogP contribution in [0.1, 0.15) is 31.9 Å². The van der Waals surface area contributed by atoms with E-state index in [1.165, 1.54) is 11.1 Å². The van der Waals surface area contributed by atoms with Crippen LogP contribution < -0.4 is 0 Å². The van der Waals surface area contributed by atoms with Gasteiger partial charge in [-0.25, -0.2) is 0 Å². The molecule has 0 amide bonds. The Morgan fingerprint density at radius 1 is 1.11 bits per heavy atom. The molecule has 1 unspecified atom stereocenters. The Bertz CT molecular complexity index is 367. The van der Waals surface area contributed by atoms with Gasteiger partial charge in [-0.15, -0.1) is 0 Å². The molecule has 0 saturated carbocycles. The minimum atomic E-state index is -0.251. The molecule has 0 radical (unpaired) electrons. The molecule has 0 spiro atoms. The minimum Gasteiger partial charge on any atom is -0.391 e. The van der Waals surface area contributed by atoms with Crippen molar-refractivity contribution >= 4 is 0 Å². The normalized spacial score (nSPS) is 19.1. The topological polar surface area (TPSA) is 23.5 Å². The number of β-amino-alcohol motifs (C(OH)–C–C–N with tert-alkyl or cyclic N) is 1. The zero-order valence-corrected chi connectivity index (χ0v) is 11.8. The van der Waals surface area contributed by atoms with Gasteiger partial charge in [-0.1, -0.05) is 45.0 Å². The number of hydrogen-bond donors (Lipinski definition) is 1. The first kappa shape index (κ1) is 13.6. The Balaban J connectivity index is 1.96. The molecule has 0 aliphatic carbocycles. The van der Waals surface area contributed by atoms with Crippen LogP contribution in [0.2, 0.25) is 0 Å². The highest BCUT2D eigenvalue weighted by Crippen LogP contribution is 2.21. The van der Waals surface area contributed by atoms with Crippen molar-refractivity contribution in [2.45, 2.75) is 39.7 Å². The summed E-state index contributed by atoms with van der Waals surface area (Å²) in [4.78, 5) is 2.40. The van der Waals surface area contributed by atoms with Crippen molar-refractivity contribution in [2.24, 2.45) is 5.41 Å². The maximum absolute atomic E-state index is 10.2. The molecule has 0 saturated heterocycles. The molecule has 2 rings (SSSR count). The molecule has 2 heteroatoms. The van der Waals surface area contributed by atoms with Crippen molar-refractivity contribution in [3.05, 3.63) is 35.4 Å². The van der Waals surface area contributed by atoms with Crippen molar-refractivity contribution in [1.82, 2.24) is 4.90 Å². The van der Waals surface area contributed by atoms with E-state index in [9.17, 15) is 5.11 Å². The van der Waals surface area contributed by atoms with Gasteiger partial charge in [0.2, 0.25) is 0 Å². The maximum Gasteiger partial charge on any atom is 0.0715 e. The van der Waals surface area contributed by atoms with Crippen molar-refractivity contribution in [1.29, 1.82) is 0 Å². The molecule has 1 aromatic rings. The van der Waals surface area contributed by atoms with Gasteiger partial charge in [-0.2, -0.15) is 0 Å². The smallest absolute Gasteiger partial charge is 0.0715 e. The van der Waals surface area contributed by atoms with E-state index in [1.807, 2.05) is 0 Å². The summed E-state index contributed by atoms with van der Waals surface area (Å²) >= 11 is 0. The molecule has 2 nitrogen and oxygen atoms in total. The Kier molecular flexibility index (Phi) is 4.08. The van der Waals surface area contributed by atoms with E-state index in [-0.39, 0.29) is 11.5 Å². The molecule has 100 valence electrons. The van der Waals surface area contributed by atoms with Gasteiger partial charge in [0.05, 0.1) is 6.10 Å². The number of nitrogens with zero attached hydrogens (tertiary/aromatic N) is 1. The lowest BCUT2D eigenvalue weighted by Crippen LogP contribution is -2.40. The second kappa shape index (κ2) is 5.41. The largest absolute Gasteiger partial charge is 0.391 e. The van der Waals surface area contributed by atoms with Crippen molar-refractivity contribution in [3.63, 3.8) is 0 Å². The fourth-order valence-corrected chi connectivity index (χ4v) is 2.42. The molecule has 1 aromatic carbocycles. The number of fused-ring (bicyclic) bond motifs is 1.